The molecular formula is C27H25N7O3. The van der Waals surface area contributed by atoms with Crippen molar-refractivity contribution in [2.24, 2.45) is 11.8 Å². The van der Waals surface area contributed by atoms with Gasteiger partial charge in [-0.1, -0.05) is 0 Å². The maximum Gasteiger partial charge on any atom is 0.412 e. The van der Waals surface area contributed by atoms with Gasteiger partial charge in [-0.05, 0) is 68.8 Å². The molecule has 1 aliphatic carbocycles. The second-order valence-corrected chi connectivity index (χ2v) is 10.0. The van der Waals surface area contributed by atoms with Crippen LogP contribution >= 0.6 is 0 Å². The van der Waals surface area contributed by atoms with E-state index in [1.165, 1.54) is 0 Å². The van der Waals surface area contributed by atoms with Crippen molar-refractivity contribution in [3.63, 3.8) is 0 Å². The maximum atomic E-state index is 12.6. The Labute approximate surface area is 213 Å². The summed E-state index contributed by atoms with van der Waals surface area (Å²) in [7, 11) is 0. The van der Waals surface area contributed by atoms with E-state index in [1.54, 1.807) is 51.6 Å². The van der Waals surface area contributed by atoms with Gasteiger partial charge in [-0.15, -0.1) is 0 Å². The van der Waals surface area contributed by atoms with E-state index in [1.807, 2.05) is 19.1 Å². The zero-order valence-corrected chi connectivity index (χ0v) is 20.9. The van der Waals surface area contributed by atoms with Crippen LogP contribution in [0.5, 0.6) is 0 Å². The van der Waals surface area contributed by atoms with Gasteiger partial charge in [0.2, 0.25) is 5.91 Å². The zero-order chi connectivity index (χ0) is 26.3. The van der Waals surface area contributed by atoms with E-state index in [-0.39, 0.29) is 17.7 Å². The standard InChI is InChI=1S/C27H25N7O3/c1-14-19(12-32-24-23(14)29-5-6-30-24)15-7-16-10-22(34-25(35)18-8-17(18)11-28)31-13-20(16)21(9-15)33-26(36)37-27(2,3)4/h5-7,9-10,12-13,17-18H,8H2,1-4H3,(H,33,36)(H,31,34,35). The number of pyridine rings is 2. The third kappa shape index (κ3) is 5.02. The Morgan fingerprint density at radius 1 is 1.05 bits per heavy atom. The lowest BCUT2D eigenvalue weighted by Gasteiger charge is -2.20. The summed E-state index contributed by atoms with van der Waals surface area (Å²) in [6, 6.07) is 7.63. The molecule has 3 aromatic heterocycles. The molecule has 37 heavy (non-hydrogen) atoms. The number of amides is 2. The lowest BCUT2D eigenvalue weighted by atomic mass is 9.98. The summed E-state index contributed by atoms with van der Waals surface area (Å²) < 4.78 is 5.46. The number of nitrogens with zero attached hydrogens (tertiary/aromatic N) is 5. The van der Waals surface area contributed by atoms with Crippen LogP contribution in [0.1, 0.15) is 32.8 Å². The van der Waals surface area contributed by atoms with E-state index in [0.717, 1.165) is 22.1 Å². The number of aromatic nitrogens is 4. The number of ether oxygens (including phenoxy) is 1. The van der Waals surface area contributed by atoms with Crippen LogP contribution in [-0.4, -0.2) is 37.5 Å². The molecule has 10 nitrogen and oxygen atoms in total. The smallest absolute Gasteiger partial charge is 0.412 e. The normalized spacial score (nSPS) is 16.7. The number of anilines is 2. The molecule has 5 rings (SSSR count). The fraction of sp³-hybridized carbons (Fsp3) is 0.296. The number of fused-ring (bicyclic) bond motifs is 2. The molecular weight excluding hydrogens is 470 g/mol. The molecule has 2 unspecified atom stereocenters. The molecule has 1 fully saturated rings. The average molecular weight is 496 g/mol. The minimum Gasteiger partial charge on any atom is -0.444 e. The Balaban J connectivity index is 1.58. The van der Waals surface area contributed by atoms with Gasteiger partial charge in [0.05, 0.1) is 23.6 Å². The Hall–Kier alpha value is -4.65. The summed E-state index contributed by atoms with van der Waals surface area (Å²) in [4.78, 5) is 42.7. The number of benzene rings is 1. The van der Waals surface area contributed by atoms with Crippen LogP contribution in [0.2, 0.25) is 0 Å². The first-order valence-corrected chi connectivity index (χ1v) is 11.8. The van der Waals surface area contributed by atoms with Gasteiger partial charge in [0.1, 0.15) is 16.9 Å². The van der Waals surface area contributed by atoms with Crippen molar-refractivity contribution in [2.45, 2.75) is 39.7 Å². The topological polar surface area (TPSA) is 143 Å². The summed E-state index contributed by atoms with van der Waals surface area (Å²) in [6.45, 7) is 7.32. The molecule has 2 atom stereocenters. The van der Waals surface area contributed by atoms with Crippen LogP contribution in [0.4, 0.5) is 16.3 Å². The molecule has 0 aliphatic heterocycles. The van der Waals surface area contributed by atoms with Gasteiger partial charge in [0.25, 0.3) is 0 Å². The molecule has 4 aromatic rings. The van der Waals surface area contributed by atoms with Crippen molar-refractivity contribution >= 4 is 45.4 Å². The molecule has 2 N–H and O–H groups in total. The third-order valence-corrected chi connectivity index (χ3v) is 6.08. The van der Waals surface area contributed by atoms with Crippen LogP contribution in [0, 0.1) is 30.1 Å². The first-order chi connectivity index (χ1) is 17.6. The molecule has 0 saturated heterocycles. The molecule has 3 heterocycles. The van der Waals surface area contributed by atoms with Gasteiger partial charge in [-0.2, -0.15) is 5.26 Å². The molecule has 186 valence electrons. The molecule has 10 heteroatoms. The minimum absolute atomic E-state index is 0.227. The highest BCUT2D eigenvalue weighted by atomic mass is 16.6. The predicted octanol–water partition coefficient (Wildman–Crippen LogP) is 4.99. The zero-order valence-electron chi connectivity index (χ0n) is 20.9. The highest BCUT2D eigenvalue weighted by Crippen LogP contribution is 2.39. The molecule has 1 aromatic carbocycles. The van der Waals surface area contributed by atoms with Crippen LogP contribution in [-0.2, 0) is 9.53 Å². The number of rotatable bonds is 4. The van der Waals surface area contributed by atoms with Gasteiger partial charge in [0.15, 0.2) is 5.65 Å². The lowest BCUT2D eigenvalue weighted by Crippen LogP contribution is -2.27. The van der Waals surface area contributed by atoms with Crippen LogP contribution in [0.25, 0.3) is 33.1 Å². The summed E-state index contributed by atoms with van der Waals surface area (Å²) in [5, 5.41) is 16.1. The number of nitriles is 1. The quantitative estimate of drug-likeness (QED) is 0.403. The van der Waals surface area contributed by atoms with Gasteiger partial charge in [0, 0.05) is 35.7 Å². The SMILES string of the molecule is Cc1c(-c2cc(NC(=O)OC(C)(C)C)c3cnc(NC(=O)C4CC4C#N)cc3c2)cnc2nccnc12. The van der Waals surface area contributed by atoms with E-state index >= 15 is 0 Å². The second-order valence-electron chi connectivity index (χ2n) is 10.0. The fourth-order valence-corrected chi connectivity index (χ4v) is 4.18. The van der Waals surface area contributed by atoms with E-state index in [0.29, 0.717) is 34.5 Å². The Morgan fingerprint density at radius 2 is 1.84 bits per heavy atom. The summed E-state index contributed by atoms with van der Waals surface area (Å²) in [6.07, 6.45) is 6.49. The first-order valence-electron chi connectivity index (χ1n) is 11.8. The second kappa shape index (κ2) is 9.09. The van der Waals surface area contributed by atoms with Gasteiger partial charge in [-0.3, -0.25) is 15.1 Å². The Kier molecular flexibility index (Phi) is 5.91. The number of carbonyl (C=O) groups is 2. The average Bonchev–Trinajstić information content (AvgIpc) is 3.63. The number of nitrogens with one attached hydrogen (secondary N) is 2. The Morgan fingerprint density at radius 3 is 2.57 bits per heavy atom. The van der Waals surface area contributed by atoms with E-state index in [9.17, 15) is 9.59 Å². The molecule has 0 spiro atoms. The number of aryl methyl sites for hydroxylation is 1. The third-order valence-electron chi connectivity index (χ3n) is 6.08. The fourth-order valence-electron chi connectivity index (χ4n) is 4.18. The maximum absolute atomic E-state index is 12.6. The van der Waals surface area contributed by atoms with Crippen molar-refractivity contribution in [3.05, 3.63) is 48.5 Å². The van der Waals surface area contributed by atoms with Crippen molar-refractivity contribution in [3.8, 4) is 17.2 Å². The molecule has 0 bridgehead atoms. The predicted molar refractivity (Wildman–Crippen MR) is 139 cm³/mol. The molecule has 2 amide bonds. The van der Waals surface area contributed by atoms with Crippen molar-refractivity contribution in [1.29, 1.82) is 5.26 Å². The Bertz CT molecular complexity index is 1600. The first kappa shape index (κ1) is 24.1. The summed E-state index contributed by atoms with van der Waals surface area (Å²) >= 11 is 0. The van der Waals surface area contributed by atoms with E-state index in [2.05, 4.69) is 36.6 Å². The highest BCUT2D eigenvalue weighted by Gasteiger charge is 2.43. The number of carbonyl (C=O) groups excluding carboxylic acids is 2. The summed E-state index contributed by atoms with van der Waals surface area (Å²) in [5.41, 5.74) is 3.54. The number of hydrogen-bond acceptors (Lipinski definition) is 8. The minimum atomic E-state index is -0.672. The van der Waals surface area contributed by atoms with Crippen molar-refractivity contribution in [1.82, 2.24) is 19.9 Å². The highest BCUT2D eigenvalue weighted by molar-refractivity contribution is 6.04. The van der Waals surface area contributed by atoms with Gasteiger partial charge >= 0.3 is 6.09 Å². The van der Waals surface area contributed by atoms with Gasteiger partial charge in [-0.25, -0.2) is 19.7 Å². The molecule has 1 saturated carbocycles. The van der Waals surface area contributed by atoms with Crippen LogP contribution in [0.3, 0.4) is 0 Å². The molecule has 0 radical (unpaired) electrons. The largest absolute Gasteiger partial charge is 0.444 e. The van der Waals surface area contributed by atoms with Gasteiger partial charge < -0.3 is 10.1 Å². The van der Waals surface area contributed by atoms with Crippen LogP contribution in [0.15, 0.2) is 43.0 Å². The van der Waals surface area contributed by atoms with Crippen molar-refractivity contribution < 1.29 is 14.3 Å². The lowest BCUT2D eigenvalue weighted by molar-refractivity contribution is -0.117. The van der Waals surface area contributed by atoms with E-state index < -0.39 is 11.7 Å². The van der Waals surface area contributed by atoms with Crippen LogP contribution < -0.4 is 10.6 Å². The van der Waals surface area contributed by atoms with E-state index in [4.69, 9.17) is 10.00 Å². The molecule has 1 aliphatic rings. The van der Waals surface area contributed by atoms with Crippen molar-refractivity contribution in [2.75, 3.05) is 10.6 Å². The monoisotopic (exact) mass is 495 g/mol. The number of hydrogen-bond donors (Lipinski definition) is 2. The summed E-state index contributed by atoms with van der Waals surface area (Å²) in [5.74, 6) is -0.427.